The number of hydrogen-bond acceptors (Lipinski definition) is 1. The van der Waals surface area contributed by atoms with E-state index in [2.05, 4.69) is 27.7 Å². The molecule has 0 aromatic heterocycles. The van der Waals surface area contributed by atoms with Gasteiger partial charge in [0.2, 0.25) is 0 Å². The Bertz CT molecular complexity index is 284. The van der Waals surface area contributed by atoms with Crippen molar-refractivity contribution in [2.24, 2.45) is 11.3 Å². The summed E-state index contributed by atoms with van der Waals surface area (Å²) in [6.45, 7) is 8.77. The second kappa shape index (κ2) is 13.9. The van der Waals surface area contributed by atoms with Crippen LogP contribution in [-0.2, 0) is 4.79 Å². The lowest BCUT2D eigenvalue weighted by molar-refractivity contribution is -0.146. The van der Waals surface area contributed by atoms with Crippen LogP contribution in [0.5, 0.6) is 0 Å². The Morgan fingerprint density at radius 2 is 1.22 bits per heavy atom. The summed E-state index contributed by atoms with van der Waals surface area (Å²) in [5.41, 5.74) is -0.0692. The van der Waals surface area contributed by atoms with Gasteiger partial charge in [-0.1, -0.05) is 105 Å². The van der Waals surface area contributed by atoms with Gasteiger partial charge in [0.1, 0.15) is 0 Å². The molecule has 0 rings (SSSR count). The second-order valence-corrected chi connectivity index (χ2v) is 7.95. The van der Waals surface area contributed by atoms with Crippen molar-refractivity contribution in [2.75, 3.05) is 0 Å². The van der Waals surface area contributed by atoms with Crippen molar-refractivity contribution in [2.45, 2.75) is 118 Å². The van der Waals surface area contributed by atoms with Gasteiger partial charge in [-0.3, -0.25) is 4.79 Å². The maximum Gasteiger partial charge on any atom is 0.307 e. The topological polar surface area (TPSA) is 37.3 Å². The molecule has 1 atom stereocenters. The van der Waals surface area contributed by atoms with Crippen LogP contribution in [0.1, 0.15) is 118 Å². The minimum absolute atomic E-state index is 0.0692. The molecule has 0 radical (unpaired) electrons. The molecule has 0 bridgehead atoms. The molecule has 1 unspecified atom stereocenters. The molecule has 23 heavy (non-hydrogen) atoms. The van der Waals surface area contributed by atoms with Gasteiger partial charge < -0.3 is 5.11 Å². The van der Waals surface area contributed by atoms with Crippen molar-refractivity contribution >= 4 is 5.97 Å². The highest BCUT2D eigenvalue weighted by Gasteiger charge is 2.33. The van der Waals surface area contributed by atoms with E-state index in [0.29, 0.717) is 0 Å². The van der Waals surface area contributed by atoms with E-state index in [-0.39, 0.29) is 11.3 Å². The zero-order valence-corrected chi connectivity index (χ0v) is 16.3. The third kappa shape index (κ3) is 11.6. The fourth-order valence-corrected chi connectivity index (χ4v) is 3.51. The van der Waals surface area contributed by atoms with Gasteiger partial charge in [0.15, 0.2) is 0 Å². The van der Waals surface area contributed by atoms with Gasteiger partial charge in [0.25, 0.3) is 0 Å². The molecule has 1 N–H and O–H groups in total. The van der Waals surface area contributed by atoms with Crippen LogP contribution < -0.4 is 0 Å². The summed E-state index contributed by atoms with van der Waals surface area (Å²) in [6.07, 6.45) is 17.1. The molecule has 0 aromatic carbocycles. The van der Waals surface area contributed by atoms with Crippen molar-refractivity contribution in [3.05, 3.63) is 0 Å². The van der Waals surface area contributed by atoms with Gasteiger partial charge in [-0.2, -0.15) is 0 Å². The van der Waals surface area contributed by atoms with Crippen LogP contribution in [0.15, 0.2) is 0 Å². The molecule has 0 aliphatic carbocycles. The van der Waals surface area contributed by atoms with Crippen molar-refractivity contribution in [3.63, 3.8) is 0 Å². The number of carboxylic acid groups (broad SMARTS) is 1. The third-order valence-electron chi connectivity index (χ3n) is 5.26. The zero-order chi connectivity index (χ0) is 17.6. The summed E-state index contributed by atoms with van der Waals surface area (Å²) >= 11 is 0. The Hall–Kier alpha value is -0.530. The first-order valence-electron chi connectivity index (χ1n) is 10.2. The lowest BCUT2D eigenvalue weighted by Gasteiger charge is -2.31. The first-order valence-corrected chi connectivity index (χ1v) is 10.2. The quantitative estimate of drug-likeness (QED) is 0.304. The fourth-order valence-electron chi connectivity index (χ4n) is 3.51. The van der Waals surface area contributed by atoms with Crippen molar-refractivity contribution in [1.82, 2.24) is 0 Å². The fraction of sp³-hybridized carbons (Fsp3) is 0.952. The van der Waals surface area contributed by atoms with Crippen molar-refractivity contribution in [3.8, 4) is 0 Å². The molecule has 0 amide bonds. The molecule has 2 heteroatoms. The van der Waals surface area contributed by atoms with E-state index >= 15 is 0 Å². The smallest absolute Gasteiger partial charge is 0.307 e. The molecule has 0 saturated heterocycles. The van der Waals surface area contributed by atoms with E-state index in [1.165, 1.54) is 70.6 Å². The molecule has 0 aliphatic heterocycles. The van der Waals surface area contributed by atoms with Crippen LogP contribution in [0, 0.1) is 11.3 Å². The number of carbonyl (C=O) groups is 1. The largest absolute Gasteiger partial charge is 0.481 e. The lowest BCUT2D eigenvalue weighted by atomic mass is 9.72. The number of unbranched alkanes of at least 4 members (excludes halogenated alkanes) is 10. The maximum absolute atomic E-state index is 11.6. The summed E-state index contributed by atoms with van der Waals surface area (Å²) in [7, 11) is 0. The normalized spacial score (nSPS) is 13.2. The van der Waals surface area contributed by atoms with Crippen LogP contribution in [0.3, 0.4) is 0 Å². The summed E-state index contributed by atoms with van der Waals surface area (Å²) in [6, 6.07) is 0. The highest BCUT2D eigenvalue weighted by Crippen LogP contribution is 2.36. The predicted octanol–water partition coefficient (Wildman–Crippen LogP) is 7.21. The number of hydrogen-bond donors (Lipinski definition) is 1. The minimum atomic E-state index is -0.592. The van der Waals surface area contributed by atoms with E-state index in [1.54, 1.807) is 0 Å². The molecular formula is C21H42O2. The Morgan fingerprint density at radius 1 is 0.783 bits per heavy atom. The molecule has 0 aromatic rings. The molecule has 0 fully saturated rings. The average molecular weight is 327 g/mol. The molecule has 138 valence electrons. The van der Waals surface area contributed by atoms with Gasteiger partial charge in [-0.15, -0.1) is 0 Å². The van der Waals surface area contributed by atoms with E-state index in [4.69, 9.17) is 0 Å². The van der Waals surface area contributed by atoms with E-state index in [1.807, 2.05) is 0 Å². The van der Waals surface area contributed by atoms with Gasteiger partial charge in [0, 0.05) is 0 Å². The first-order chi connectivity index (χ1) is 11.0. The maximum atomic E-state index is 11.6. The van der Waals surface area contributed by atoms with Crippen LogP contribution in [0.4, 0.5) is 0 Å². The first kappa shape index (κ1) is 22.5. The number of rotatable bonds is 16. The molecule has 0 spiro atoms. The molecule has 0 saturated carbocycles. The van der Waals surface area contributed by atoms with E-state index < -0.39 is 5.97 Å². The van der Waals surface area contributed by atoms with Crippen LogP contribution in [-0.4, -0.2) is 11.1 Å². The summed E-state index contributed by atoms with van der Waals surface area (Å²) < 4.78 is 0. The van der Waals surface area contributed by atoms with Gasteiger partial charge >= 0.3 is 5.97 Å². The van der Waals surface area contributed by atoms with Crippen LogP contribution in [0.25, 0.3) is 0 Å². The summed E-state index contributed by atoms with van der Waals surface area (Å²) in [5.74, 6) is -0.769. The van der Waals surface area contributed by atoms with Crippen molar-refractivity contribution in [1.29, 1.82) is 0 Å². The summed E-state index contributed by atoms with van der Waals surface area (Å²) in [5, 5.41) is 9.59. The monoisotopic (exact) mass is 326 g/mol. The Labute approximate surface area is 145 Å². The van der Waals surface area contributed by atoms with Crippen molar-refractivity contribution < 1.29 is 9.90 Å². The Morgan fingerprint density at radius 3 is 1.70 bits per heavy atom. The van der Waals surface area contributed by atoms with Gasteiger partial charge in [0.05, 0.1) is 5.92 Å². The number of carboxylic acids is 1. The second-order valence-electron chi connectivity index (χ2n) is 7.95. The minimum Gasteiger partial charge on any atom is -0.481 e. The predicted molar refractivity (Wildman–Crippen MR) is 101 cm³/mol. The Kier molecular flexibility index (Phi) is 13.5. The zero-order valence-electron chi connectivity index (χ0n) is 16.3. The molecule has 0 heterocycles. The average Bonchev–Trinajstić information content (AvgIpc) is 2.49. The third-order valence-corrected chi connectivity index (χ3v) is 5.26. The summed E-state index contributed by atoms with van der Waals surface area (Å²) in [4.78, 5) is 11.6. The lowest BCUT2D eigenvalue weighted by Crippen LogP contribution is -2.31. The van der Waals surface area contributed by atoms with Crippen LogP contribution >= 0.6 is 0 Å². The molecule has 2 nitrogen and oxygen atoms in total. The highest BCUT2D eigenvalue weighted by molar-refractivity contribution is 5.70. The number of aliphatic carboxylic acids is 1. The molecular weight excluding hydrogens is 284 g/mol. The highest BCUT2D eigenvalue weighted by atomic mass is 16.4. The van der Waals surface area contributed by atoms with Gasteiger partial charge in [-0.25, -0.2) is 0 Å². The van der Waals surface area contributed by atoms with Gasteiger partial charge in [-0.05, 0) is 18.3 Å². The Balaban J connectivity index is 3.97. The SMILES string of the molecule is CCCCCCCCCCC(C)(C)C(CCCCCC)C(=O)O. The van der Waals surface area contributed by atoms with E-state index in [9.17, 15) is 9.90 Å². The standard InChI is InChI=1S/C21H42O2/c1-5-7-9-11-12-13-14-16-18-21(3,4)19(20(22)23)17-15-10-8-6-2/h19H,5-18H2,1-4H3,(H,22,23). The van der Waals surface area contributed by atoms with Crippen LogP contribution in [0.2, 0.25) is 0 Å². The van der Waals surface area contributed by atoms with E-state index in [0.717, 1.165) is 19.3 Å². The molecule has 0 aliphatic rings.